The quantitative estimate of drug-likeness (QED) is 0.829. The Labute approximate surface area is 105 Å². The van der Waals surface area contributed by atoms with Gasteiger partial charge in [0.15, 0.2) is 0 Å². The smallest absolute Gasteiger partial charge is 0.133 e. The van der Waals surface area contributed by atoms with E-state index in [-0.39, 0.29) is 0 Å². The molecule has 2 heterocycles. The Hall–Kier alpha value is -1.49. The molecule has 5 heteroatoms. The third-order valence-corrected chi connectivity index (χ3v) is 3.53. The Bertz CT molecular complexity index is 622. The summed E-state index contributed by atoms with van der Waals surface area (Å²) in [6.07, 6.45) is 6.27. The summed E-state index contributed by atoms with van der Waals surface area (Å²) in [7, 11) is 1.91. The monoisotopic (exact) mass is 246 g/mol. The van der Waals surface area contributed by atoms with E-state index in [1.165, 1.54) is 12.8 Å². The minimum absolute atomic E-state index is 0.577. The number of rotatable bonds is 2. The van der Waals surface area contributed by atoms with Crippen molar-refractivity contribution >= 4 is 12.2 Å². The van der Waals surface area contributed by atoms with Gasteiger partial charge in [-0.05, 0) is 19.8 Å². The van der Waals surface area contributed by atoms with Crippen LogP contribution < -0.4 is 0 Å². The zero-order valence-corrected chi connectivity index (χ0v) is 10.7. The van der Waals surface area contributed by atoms with Gasteiger partial charge < -0.3 is 4.98 Å². The molecule has 2 aromatic heterocycles. The molecular weight excluding hydrogens is 232 g/mol. The lowest BCUT2D eigenvalue weighted by atomic mass is 10.1. The second kappa shape index (κ2) is 3.77. The number of hydrogen-bond acceptors (Lipinski definition) is 3. The summed E-state index contributed by atoms with van der Waals surface area (Å²) in [5.74, 6) is 1.60. The summed E-state index contributed by atoms with van der Waals surface area (Å²) in [5.41, 5.74) is 3.15. The second-order valence-electron chi connectivity index (χ2n) is 4.60. The van der Waals surface area contributed by atoms with Crippen LogP contribution in [0, 0.1) is 11.6 Å². The van der Waals surface area contributed by atoms with Crippen LogP contribution in [0.2, 0.25) is 0 Å². The van der Waals surface area contributed by atoms with Crippen LogP contribution in [-0.4, -0.2) is 19.7 Å². The molecule has 0 radical (unpaired) electrons. The van der Waals surface area contributed by atoms with E-state index in [0.29, 0.717) is 10.6 Å². The van der Waals surface area contributed by atoms with Crippen LogP contribution >= 0.6 is 12.2 Å². The minimum atomic E-state index is 0.577. The van der Waals surface area contributed by atoms with E-state index in [1.54, 1.807) is 4.68 Å². The lowest BCUT2D eigenvalue weighted by molar-refractivity contribution is 0.768. The average molecular weight is 246 g/mol. The summed E-state index contributed by atoms with van der Waals surface area (Å²) >= 11 is 5.32. The van der Waals surface area contributed by atoms with E-state index < -0.39 is 0 Å². The van der Waals surface area contributed by atoms with Gasteiger partial charge in [-0.15, -0.1) is 0 Å². The fraction of sp³-hybridized carbons (Fsp3) is 0.417. The zero-order valence-electron chi connectivity index (χ0n) is 9.90. The number of nitrogens with zero attached hydrogens (tertiary/aromatic N) is 3. The molecular formula is C12H14N4S. The molecule has 1 aliphatic carbocycles. The Morgan fingerprint density at radius 3 is 2.82 bits per heavy atom. The molecule has 0 atom stereocenters. The Balaban J connectivity index is 2.17. The molecule has 0 spiro atoms. The maximum Gasteiger partial charge on any atom is 0.133 e. The number of nitrogens with one attached hydrogen (secondary N) is 1. The molecule has 0 aliphatic heterocycles. The fourth-order valence-electron chi connectivity index (χ4n) is 1.94. The van der Waals surface area contributed by atoms with Crippen molar-refractivity contribution in [3.8, 4) is 11.3 Å². The third-order valence-electron chi connectivity index (χ3n) is 3.13. The van der Waals surface area contributed by atoms with Gasteiger partial charge in [0.05, 0.1) is 11.9 Å². The van der Waals surface area contributed by atoms with Crippen molar-refractivity contribution in [2.45, 2.75) is 25.7 Å². The predicted octanol–water partition coefficient (Wildman–Crippen LogP) is 2.73. The molecule has 0 amide bonds. The molecule has 1 fully saturated rings. The summed E-state index contributed by atoms with van der Waals surface area (Å²) in [5, 5.41) is 4.20. The van der Waals surface area contributed by atoms with Crippen LogP contribution in [0.3, 0.4) is 0 Å². The first-order valence-corrected chi connectivity index (χ1v) is 6.16. The van der Waals surface area contributed by atoms with E-state index >= 15 is 0 Å². The lowest BCUT2D eigenvalue weighted by Gasteiger charge is -2.07. The standard InChI is InChI=1S/C12H14N4S/c1-7-10(9-5-13-16(2)6-9)14-11(8-3-4-8)15-12(7)17/h5-6,8H,3-4H2,1-2H3,(H,14,15,17). The number of aromatic amines is 1. The van der Waals surface area contributed by atoms with Gasteiger partial charge in [0.1, 0.15) is 10.5 Å². The maximum atomic E-state index is 5.32. The van der Waals surface area contributed by atoms with Gasteiger partial charge in [-0.1, -0.05) is 12.2 Å². The van der Waals surface area contributed by atoms with E-state index in [0.717, 1.165) is 22.6 Å². The molecule has 4 nitrogen and oxygen atoms in total. The zero-order chi connectivity index (χ0) is 12.0. The van der Waals surface area contributed by atoms with Crippen molar-refractivity contribution in [2.75, 3.05) is 0 Å². The molecule has 88 valence electrons. The Morgan fingerprint density at radius 2 is 2.24 bits per heavy atom. The number of aromatic nitrogens is 4. The highest BCUT2D eigenvalue weighted by Crippen LogP contribution is 2.38. The highest BCUT2D eigenvalue weighted by atomic mass is 32.1. The number of aryl methyl sites for hydroxylation is 1. The van der Waals surface area contributed by atoms with Crippen LogP contribution in [0.25, 0.3) is 11.3 Å². The SMILES string of the molecule is Cc1c(-c2cnn(C)c2)[nH]c(C2CC2)nc1=S. The summed E-state index contributed by atoms with van der Waals surface area (Å²) in [4.78, 5) is 7.87. The van der Waals surface area contributed by atoms with Gasteiger partial charge >= 0.3 is 0 Å². The molecule has 1 aliphatic rings. The Kier molecular flexibility index (Phi) is 2.36. The number of hydrogen-bond donors (Lipinski definition) is 1. The molecule has 0 aromatic carbocycles. The molecule has 0 unspecified atom stereocenters. The van der Waals surface area contributed by atoms with Crippen LogP contribution in [0.4, 0.5) is 0 Å². The van der Waals surface area contributed by atoms with Gasteiger partial charge in [0.25, 0.3) is 0 Å². The van der Waals surface area contributed by atoms with Crippen molar-refractivity contribution in [1.29, 1.82) is 0 Å². The van der Waals surface area contributed by atoms with Crippen LogP contribution in [0.1, 0.15) is 30.1 Å². The molecule has 1 saturated carbocycles. The summed E-state index contributed by atoms with van der Waals surface area (Å²) in [6.45, 7) is 2.00. The Morgan fingerprint density at radius 1 is 1.47 bits per heavy atom. The predicted molar refractivity (Wildman–Crippen MR) is 68.3 cm³/mol. The van der Waals surface area contributed by atoms with Gasteiger partial charge in [0.2, 0.25) is 0 Å². The van der Waals surface area contributed by atoms with Gasteiger partial charge in [0, 0.05) is 30.3 Å². The fourth-order valence-corrected chi connectivity index (χ4v) is 2.14. The average Bonchev–Trinajstić information content (AvgIpc) is 3.05. The molecule has 17 heavy (non-hydrogen) atoms. The van der Waals surface area contributed by atoms with E-state index in [2.05, 4.69) is 15.1 Å². The van der Waals surface area contributed by atoms with Gasteiger partial charge in [-0.2, -0.15) is 5.10 Å². The van der Waals surface area contributed by atoms with E-state index in [1.807, 2.05) is 26.4 Å². The van der Waals surface area contributed by atoms with E-state index in [4.69, 9.17) is 12.2 Å². The minimum Gasteiger partial charge on any atom is -0.343 e. The normalized spacial score (nSPS) is 15.2. The van der Waals surface area contributed by atoms with Crippen LogP contribution in [0.5, 0.6) is 0 Å². The molecule has 2 aromatic rings. The maximum absolute atomic E-state index is 5.32. The van der Waals surface area contributed by atoms with Crippen LogP contribution in [0.15, 0.2) is 12.4 Å². The van der Waals surface area contributed by atoms with Crippen molar-refractivity contribution in [3.63, 3.8) is 0 Å². The van der Waals surface area contributed by atoms with Crippen molar-refractivity contribution in [1.82, 2.24) is 19.7 Å². The van der Waals surface area contributed by atoms with E-state index in [9.17, 15) is 0 Å². The van der Waals surface area contributed by atoms with Crippen molar-refractivity contribution in [3.05, 3.63) is 28.4 Å². The first-order chi connectivity index (χ1) is 8.15. The highest BCUT2D eigenvalue weighted by molar-refractivity contribution is 7.71. The molecule has 3 rings (SSSR count). The molecule has 1 N–H and O–H groups in total. The first-order valence-electron chi connectivity index (χ1n) is 5.75. The lowest BCUT2D eigenvalue weighted by Crippen LogP contribution is -1.98. The largest absolute Gasteiger partial charge is 0.343 e. The molecule has 0 saturated heterocycles. The summed E-state index contributed by atoms with van der Waals surface area (Å²) < 4.78 is 2.49. The highest BCUT2D eigenvalue weighted by Gasteiger charge is 2.26. The van der Waals surface area contributed by atoms with Gasteiger partial charge in [-0.3, -0.25) is 4.68 Å². The van der Waals surface area contributed by atoms with Gasteiger partial charge in [-0.25, -0.2) is 4.98 Å². The first kappa shape index (κ1) is 10.7. The van der Waals surface area contributed by atoms with Crippen molar-refractivity contribution < 1.29 is 0 Å². The van der Waals surface area contributed by atoms with Crippen LogP contribution in [-0.2, 0) is 7.05 Å². The summed E-state index contributed by atoms with van der Waals surface area (Å²) in [6, 6.07) is 0. The number of H-pyrrole nitrogens is 1. The third kappa shape index (κ3) is 1.91. The van der Waals surface area contributed by atoms with Crippen molar-refractivity contribution in [2.24, 2.45) is 7.05 Å². The topological polar surface area (TPSA) is 46.5 Å². The molecule has 0 bridgehead atoms. The second-order valence-corrected chi connectivity index (χ2v) is 4.99.